The lowest BCUT2D eigenvalue weighted by Gasteiger charge is -2.22. The molecule has 2 saturated heterocycles. The second-order valence-electron chi connectivity index (χ2n) is 9.22. The van der Waals surface area contributed by atoms with E-state index in [1.54, 1.807) is 0 Å². The molecule has 1 aromatic carbocycles. The molecule has 2 fully saturated rings. The van der Waals surface area contributed by atoms with Gasteiger partial charge < -0.3 is 15.1 Å². The summed E-state index contributed by atoms with van der Waals surface area (Å²) in [7, 11) is 0. The average molecular weight is 586 g/mol. The van der Waals surface area contributed by atoms with E-state index >= 15 is 0 Å². The smallest absolute Gasteiger partial charge is 0.475 e. The molecule has 0 bridgehead atoms. The number of carboxylic acids is 2. The molecule has 41 heavy (non-hydrogen) atoms. The first-order chi connectivity index (χ1) is 19.2. The van der Waals surface area contributed by atoms with E-state index in [0.717, 1.165) is 48.5 Å². The highest BCUT2D eigenvalue weighted by Crippen LogP contribution is 2.34. The molecule has 2 N–H and O–H groups in total. The van der Waals surface area contributed by atoms with Crippen LogP contribution in [0.4, 0.5) is 32.2 Å². The van der Waals surface area contributed by atoms with E-state index < -0.39 is 24.3 Å². The number of carboxylic acid groups (broad SMARTS) is 2. The van der Waals surface area contributed by atoms with E-state index in [-0.39, 0.29) is 0 Å². The van der Waals surface area contributed by atoms with Crippen molar-refractivity contribution in [1.29, 1.82) is 0 Å². The van der Waals surface area contributed by atoms with Crippen LogP contribution in [0.5, 0.6) is 0 Å². The van der Waals surface area contributed by atoms with Crippen molar-refractivity contribution < 1.29 is 46.1 Å². The van der Waals surface area contributed by atoms with Crippen LogP contribution in [0.15, 0.2) is 67.0 Å². The Morgan fingerprint density at radius 3 is 1.71 bits per heavy atom. The highest BCUT2D eigenvalue weighted by molar-refractivity contribution is 5.73. The first-order valence-corrected chi connectivity index (χ1v) is 12.1. The molecule has 2 unspecified atom stereocenters. The van der Waals surface area contributed by atoms with Gasteiger partial charge in [0.15, 0.2) is 5.82 Å². The van der Waals surface area contributed by atoms with Gasteiger partial charge in [0, 0.05) is 50.7 Å². The summed E-state index contributed by atoms with van der Waals surface area (Å²) in [6.45, 7) is 5.52. The molecule has 0 radical (unpaired) electrons. The van der Waals surface area contributed by atoms with Crippen LogP contribution in [0.2, 0.25) is 0 Å². The van der Waals surface area contributed by atoms with Crippen LogP contribution >= 0.6 is 0 Å². The van der Waals surface area contributed by atoms with Crippen molar-refractivity contribution in [3.63, 3.8) is 0 Å². The number of nitrogens with zero attached hydrogens (tertiary/aromatic N) is 5. The van der Waals surface area contributed by atoms with Crippen molar-refractivity contribution in [3.8, 4) is 11.3 Å². The first kappa shape index (κ1) is 31.3. The van der Waals surface area contributed by atoms with Crippen LogP contribution in [0, 0.1) is 11.8 Å². The number of aromatic nitrogens is 3. The van der Waals surface area contributed by atoms with Crippen LogP contribution in [0.25, 0.3) is 11.3 Å². The van der Waals surface area contributed by atoms with Crippen LogP contribution in [-0.2, 0) is 16.1 Å². The zero-order valence-corrected chi connectivity index (χ0v) is 21.3. The number of benzene rings is 1. The van der Waals surface area contributed by atoms with Crippen LogP contribution in [0.3, 0.4) is 0 Å². The molecule has 4 heterocycles. The molecule has 5 rings (SSSR count). The lowest BCUT2D eigenvalue weighted by molar-refractivity contribution is -0.193. The van der Waals surface area contributed by atoms with E-state index in [1.807, 2.05) is 30.6 Å². The summed E-state index contributed by atoms with van der Waals surface area (Å²) in [5.41, 5.74) is 3.40. The maximum Gasteiger partial charge on any atom is 0.490 e. The van der Waals surface area contributed by atoms with E-state index in [4.69, 9.17) is 19.8 Å². The zero-order valence-electron chi connectivity index (χ0n) is 21.3. The molecule has 220 valence electrons. The number of rotatable bonds is 4. The number of hydrogen-bond donors (Lipinski definition) is 2. The van der Waals surface area contributed by atoms with Crippen molar-refractivity contribution in [2.24, 2.45) is 11.8 Å². The Kier molecular flexibility index (Phi) is 10.2. The van der Waals surface area contributed by atoms with Gasteiger partial charge in [0.25, 0.3) is 0 Å². The molecule has 15 heteroatoms. The van der Waals surface area contributed by atoms with Crippen molar-refractivity contribution >= 4 is 17.8 Å². The molecule has 2 aliphatic rings. The van der Waals surface area contributed by atoms with Gasteiger partial charge in [0.2, 0.25) is 0 Å². The lowest BCUT2D eigenvalue weighted by Crippen LogP contribution is -2.29. The third-order valence-electron chi connectivity index (χ3n) is 6.25. The summed E-state index contributed by atoms with van der Waals surface area (Å²) in [6.07, 6.45) is -6.41. The molecule has 0 spiro atoms. The quantitative estimate of drug-likeness (QED) is 0.430. The summed E-state index contributed by atoms with van der Waals surface area (Å²) in [4.78, 5) is 26.9. The SMILES string of the molecule is O=C(O)C(F)(F)F.O=C(O)C(F)(F)F.c1ccc(-c2ccc(N3CC4CN(Cc5ccncc5)CC4C3)nn2)cc1. The fourth-order valence-corrected chi connectivity index (χ4v) is 4.41. The first-order valence-electron chi connectivity index (χ1n) is 12.1. The second-order valence-corrected chi connectivity index (χ2v) is 9.22. The number of pyridine rings is 1. The minimum atomic E-state index is -5.08. The summed E-state index contributed by atoms with van der Waals surface area (Å²) in [5.74, 6) is -3.06. The van der Waals surface area contributed by atoms with E-state index in [1.165, 1.54) is 18.7 Å². The number of anilines is 1. The maximum absolute atomic E-state index is 10.6. The van der Waals surface area contributed by atoms with Crippen LogP contribution < -0.4 is 4.90 Å². The number of likely N-dealkylation sites (tertiary alicyclic amines) is 1. The van der Waals surface area contributed by atoms with E-state index in [2.05, 4.69) is 61.4 Å². The molecule has 2 aliphatic heterocycles. The van der Waals surface area contributed by atoms with Crippen LogP contribution in [0.1, 0.15) is 5.56 Å². The fraction of sp³-hybridized carbons (Fsp3) is 0.346. The number of alkyl halides is 6. The number of halogens is 6. The zero-order chi connectivity index (χ0) is 30.2. The number of aliphatic carboxylic acids is 2. The fourth-order valence-electron chi connectivity index (χ4n) is 4.41. The maximum atomic E-state index is 10.6. The molecule has 0 amide bonds. The molecule has 9 nitrogen and oxygen atoms in total. The van der Waals surface area contributed by atoms with Crippen LogP contribution in [-0.4, -0.2) is 80.8 Å². The average Bonchev–Trinajstić information content (AvgIpc) is 3.48. The van der Waals surface area contributed by atoms with Gasteiger partial charge in [-0.15, -0.1) is 10.2 Å². The third-order valence-corrected chi connectivity index (χ3v) is 6.25. The molecule has 3 aromatic rings. The molecule has 0 saturated carbocycles. The Hall–Kier alpha value is -4.27. The summed E-state index contributed by atoms with van der Waals surface area (Å²) >= 11 is 0. The van der Waals surface area contributed by atoms with Crippen molar-refractivity contribution in [2.45, 2.75) is 18.9 Å². The van der Waals surface area contributed by atoms with Crippen molar-refractivity contribution in [3.05, 3.63) is 72.6 Å². The number of fused-ring (bicyclic) bond motifs is 1. The highest BCUT2D eigenvalue weighted by atomic mass is 19.4. The predicted octanol–water partition coefficient (Wildman–Crippen LogP) is 4.37. The number of hydrogen-bond acceptors (Lipinski definition) is 7. The van der Waals surface area contributed by atoms with Gasteiger partial charge in [-0.2, -0.15) is 26.3 Å². The molecular weight excluding hydrogens is 560 g/mol. The van der Waals surface area contributed by atoms with Crippen molar-refractivity contribution in [2.75, 3.05) is 31.1 Å². The topological polar surface area (TPSA) is 120 Å². The Morgan fingerprint density at radius 2 is 1.27 bits per heavy atom. The van der Waals surface area contributed by atoms with Gasteiger partial charge in [-0.1, -0.05) is 30.3 Å². The minimum absolute atomic E-state index is 0.724. The van der Waals surface area contributed by atoms with Gasteiger partial charge in [-0.25, -0.2) is 9.59 Å². The van der Waals surface area contributed by atoms with E-state index in [9.17, 15) is 26.3 Å². The summed E-state index contributed by atoms with van der Waals surface area (Å²) in [5, 5.41) is 23.2. The summed E-state index contributed by atoms with van der Waals surface area (Å²) in [6, 6.07) is 18.7. The monoisotopic (exact) mass is 585 g/mol. The van der Waals surface area contributed by atoms with Gasteiger partial charge >= 0.3 is 24.3 Å². The Morgan fingerprint density at radius 1 is 0.756 bits per heavy atom. The van der Waals surface area contributed by atoms with Gasteiger partial charge in [0.1, 0.15) is 0 Å². The molecule has 2 aromatic heterocycles. The Bertz CT molecular complexity index is 1240. The van der Waals surface area contributed by atoms with E-state index in [0.29, 0.717) is 0 Å². The highest BCUT2D eigenvalue weighted by Gasteiger charge is 2.40. The summed E-state index contributed by atoms with van der Waals surface area (Å²) < 4.78 is 63.5. The van der Waals surface area contributed by atoms with Gasteiger partial charge in [-0.05, 0) is 41.7 Å². The molecular formula is C26H25F6N5O4. The predicted molar refractivity (Wildman–Crippen MR) is 134 cm³/mol. The Labute approximate surface area is 230 Å². The van der Waals surface area contributed by atoms with Gasteiger partial charge in [-0.3, -0.25) is 9.88 Å². The van der Waals surface area contributed by atoms with Crippen molar-refractivity contribution in [1.82, 2.24) is 20.1 Å². The minimum Gasteiger partial charge on any atom is -0.475 e. The standard InChI is InChI=1S/C22H23N5.2C2HF3O2/c1-2-4-18(5-3-1)21-6-7-22(25-24-21)27-15-19-13-26(14-20(19)16-27)12-17-8-10-23-11-9-17;2*3-2(4,5)1(6)7/h1-11,19-20H,12-16H2;2*(H,6,7). The largest absolute Gasteiger partial charge is 0.490 e. The third kappa shape index (κ3) is 9.41. The normalized spacial score (nSPS) is 18.4. The molecule has 0 aliphatic carbocycles. The number of carbonyl (C=O) groups is 2. The Balaban J connectivity index is 0.000000276. The molecule has 2 atom stereocenters. The lowest BCUT2D eigenvalue weighted by atomic mass is 10.0. The van der Waals surface area contributed by atoms with Gasteiger partial charge in [0.05, 0.1) is 5.69 Å². The second kappa shape index (κ2) is 13.4.